The van der Waals surface area contributed by atoms with Crippen molar-refractivity contribution in [1.82, 2.24) is 0 Å². The maximum atomic E-state index is 10.7. The molecule has 1 rings (SSSR count). The van der Waals surface area contributed by atoms with E-state index in [1.165, 1.54) is 0 Å². The molecule has 0 saturated heterocycles. The first-order chi connectivity index (χ1) is 5.91. The molecule has 0 aromatic rings. The monoisotopic (exact) mass is 208 g/mol. The second-order valence-electron chi connectivity index (χ2n) is 3.75. The lowest BCUT2D eigenvalue weighted by Crippen LogP contribution is -2.37. The number of hydrogen-bond donors (Lipinski definition) is 1. The lowest BCUT2D eigenvalue weighted by Gasteiger charge is -2.30. The molecule has 0 bridgehead atoms. The molecule has 0 heterocycles. The highest BCUT2D eigenvalue weighted by molar-refractivity contribution is 7.85. The molecule has 0 aromatic carbocycles. The van der Waals surface area contributed by atoms with Gasteiger partial charge in [0.05, 0.1) is 18.5 Å². The van der Waals surface area contributed by atoms with Crippen molar-refractivity contribution in [3.8, 4) is 0 Å². The van der Waals surface area contributed by atoms with Gasteiger partial charge < -0.3 is 5.11 Å². The standard InChI is InChI=1S/C8H16O4S/c1-13(10,11)12-7-8(9)5-3-2-4-6-8/h9H,2-7H2,1H3. The van der Waals surface area contributed by atoms with Gasteiger partial charge in [-0.05, 0) is 12.8 Å². The Morgan fingerprint density at radius 1 is 1.31 bits per heavy atom. The van der Waals surface area contributed by atoms with Gasteiger partial charge in [0.2, 0.25) is 0 Å². The fourth-order valence-electron chi connectivity index (χ4n) is 1.57. The van der Waals surface area contributed by atoms with E-state index in [4.69, 9.17) is 0 Å². The van der Waals surface area contributed by atoms with Crippen LogP contribution in [0.2, 0.25) is 0 Å². The van der Waals surface area contributed by atoms with E-state index in [9.17, 15) is 13.5 Å². The highest BCUT2D eigenvalue weighted by Gasteiger charge is 2.30. The summed E-state index contributed by atoms with van der Waals surface area (Å²) in [5.41, 5.74) is -0.915. The molecule has 1 aliphatic carbocycles. The van der Waals surface area contributed by atoms with E-state index in [2.05, 4.69) is 4.18 Å². The Labute approximate surface area is 79.0 Å². The van der Waals surface area contributed by atoms with Crippen LogP contribution in [0.1, 0.15) is 32.1 Å². The first kappa shape index (κ1) is 10.9. The summed E-state index contributed by atoms with van der Waals surface area (Å²) in [5.74, 6) is 0. The largest absolute Gasteiger partial charge is 0.387 e. The lowest BCUT2D eigenvalue weighted by atomic mass is 9.86. The van der Waals surface area contributed by atoms with Crippen LogP contribution >= 0.6 is 0 Å². The average Bonchev–Trinajstić information content (AvgIpc) is 2.02. The minimum atomic E-state index is -3.42. The van der Waals surface area contributed by atoms with Crippen LogP contribution in [-0.4, -0.2) is 32.0 Å². The second-order valence-corrected chi connectivity index (χ2v) is 5.40. The van der Waals surface area contributed by atoms with Gasteiger partial charge in [0, 0.05) is 0 Å². The third kappa shape index (κ3) is 4.06. The Bertz CT molecular complexity index is 251. The first-order valence-electron chi connectivity index (χ1n) is 4.48. The van der Waals surface area contributed by atoms with Gasteiger partial charge in [-0.15, -0.1) is 0 Å². The van der Waals surface area contributed by atoms with Crippen molar-refractivity contribution in [2.45, 2.75) is 37.7 Å². The van der Waals surface area contributed by atoms with Crippen molar-refractivity contribution < 1.29 is 17.7 Å². The van der Waals surface area contributed by atoms with Gasteiger partial charge in [0.25, 0.3) is 10.1 Å². The van der Waals surface area contributed by atoms with Gasteiger partial charge in [-0.2, -0.15) is 8.42 Å². The topological polar surface area (TPSA) is 63.6 Å². The number of rotatable bonds is 3. The zero-order valence-electron chi connectivity index (χ0n) is 7.82. The van der Waals surface area contributed by atoms with Gasteiger partial charge in [0.1, 0.15) is 0 Å². The summed E-state index contributed by atoms with van der Waals surface area (Å²) in [6, 6.07) is 0. The number of aliphatic hydroxyl groups is 1. The first-order valence-corrected chi connectivity index (χ1v) is 6.30. The maximum absolute atomic E-state index is 10.7. The molecule has 1 N–H and O–H groups in total. The molecular formula is C8H16O4S. The van der Waals surface area contributed by atoms with Crippen molar-refractivity contribution >= 4 is 10.1 Å². The summed E-state index contributed by atoms with van der Waals surface area (Å²) in [5, 5.41) is 9.85. The molecule has 1 aliphatic rings. The van der Waals surface area contributed by atoms with E-state index in [1.807, 2.05) is 0 Å². The van der Waals surface area contributed by atoms with Crippen LogP contribution in [0.3, 0.4) is 0 Å². The average molecular weight is 208 g/mol. The van der Waals surface area contributed by atoms with Gasteiger partial charge >= 0.3 is 0 Å². The summed E-state index contributed by atoms with van der Waals surface area (Å²) >= 11 is 0. The second kappa shape index (κ2) is 3.94. The molecule has 4 nitrogen and oxygen atoms in total. The molecule has 1 saturated carbocycles. The molecule has 0 aliphatic heterocycles. The van der Waals surface area contributed by atoms with Gasteiger partial charge in [-0.25, -0.2) is 0 Å². The van der Waals surface area contributed by atoms with Crippen molar-refractivity contribution in [3.05, 3.63) is 0 Å². The highest BCUT2D eigenvalue weighted by Crippen LogP contribution is 2.28. The Hall–Kier alpha value is -0.130. The third-order valence-corrected chi connectivity index (χ3v) is 2.87. The van der Waals surface area contributed by atoms with Gasteiger partial charge in [-0.3, -0.25) is 4.18 Å². The van der Waals surface area contributed by atoms with Crippen molar-refractivity contribution in [2.75, 3.05) is 12.9 Å². The Morgan fingerprint density at radius 3 is 2.31 bits per heavy atom. The van der Waals surface area contributed by atoms with Crippen molar-refractivity contribution in [2.24, 2.45) is 0 Å². The molecule has 0 radical (unpaired) electrons. The molecule has 1 fully saturated rings. The minimum Gasteiger partial charge on any atom is -0.387 e. The molecule has 0 unspecified atom stereocenters. The fourth-order valence-corrected chi connectivity index (χ4v) is 2.00. The van der Waals surface area contributed by atoms with Crippen LogP contribution in [0, 0.1) is 0 Å². The summed E-state index contributed by atoms with van der Waals surface area (Å²) in [7, 11) is -3.42. The molecule has 0 atom stereocenters. The minimum absolute atomic E-state index is 0.0914. The van der Waals surface area contributed by atoms with Gasteiger partial charge in [-0.1, -0.05) is 19.3 Å². The van der Waals surface area contributed by atoms with Crippen LogP contribution in [0.15, 0.2) is 0 Å². The smallest absolute Gasteiger partial charge is 0.264 e. The van der Waals surface area contributed by atoms with Crippen LogP contribution in [0.5, 0.6) is 0 Å². The maximum Gasteiger partial charge on any atom is 0.264 e. The quantitative estimate of drug-likeness (QED) is 0.692. The van der Waals surface area contributed by atoms with E-state index in [1.54, 1.807) is 0 Å². The molecule has 5 heteroatoms. The summed E-state index contributed by atoms with van der Waals surface area (Å²) < 4.78 is 26.0. The third-order valence-electron chi connectivity index (χ3n) is 2.33. The normalized spacial score (nSPS) is 22.9. The Balaban J connectivity index is 2.42. The molecule has 78 valence electrons. The zero-order valence-corrected chi connectivity index (χ0v) is 8.64. The Kier molecular flexibility index (Phi) is 3.32. The summed E-state index contributed by atoms with van der Waals surface area (Å²) in [6.07, 6.45) is 5.29. The number of hydrogen-bond acceptors (Lipinski definition) is 4. The molecule has 0 aromatic heterocycles. The molecule has 13 heavy (non-hydrogen) atoms. The van der Waals surface area contributed by atoms with Crippen LogP contribution in [0.4, 0.5) is 0 Å². The lowest BCUT2D eigenvalue weighted by molar-refractivity contribution is -0.0320. The van der Waals surface area contributed by atoms with Crippen LogP contribution in [0.25, 0.3) is 0 Å². The van der Waals surface area contributed by atoms with E-state index in [0.29, 0.717) is 12.8 Å². The predicted molar refractivity (Wildman–Crippen MR) is 48.8 cm³/mol. The van der Waals surface area contributed by atoms with E-state index >= 15 is 0 Å². The van der Waals surface area contributed by atoms with Gasteiger partial charge in [0.15, 0.2) is 0 Å². The predicted octanol–water partition coefficient (Wildman–Crippen LogP) is 0.658. The van der Waals surface area contributed by atoms with Crippen LogP contribution in [-0.2, 0) is 14.3 Å². The summed E-state index contributed by atoms with van der Waals surface area (Å²) in [6.45, 7) is -0.0914. The molecule has 0 amide bonds. The van der Waals surface area contributed by atoms with E-state index in [-0.39, 0.29) is 6.61 Å². The highest BCUT2D eigenvalue weighted by atomic mass is 32.2. The molecular weight excluding hydrogens is 192 g/mol. The van der Waals surface area contributed by atoms with Crippen molar-refractivity contribution in [1.29, 1.82) is 0 Å². The van der Waals surface area contributed by atoms with Crippen LogP contribution < -0.4 is 0 Å². The van der Waals surface area contributed by atoms with E-state index < -0.39 is 15.7 Å². The summed E-state index contributed by atoms with van der Waals surface area (Å²) in [4.78, 5) is 0. The Morgan fingerprint density at radius 2 is 1.85 bits per heavy atom. The fraction of sp³-hybridized carbons (Fsp3) is 1.00. The zero-order chi connectivity index (χ0) is 9.95. The van der Waals surface area contributed by atoms with E-state index in [0.717, 1.165) is 25.5 Å². The molecule has 0 spiro atoms. The SMILES string of the molecule is CS(=O)(=O)OCC1(O)CCCCC1. The van der Waals surface area contributed by atoms with Crippen molar-refractivity contribution in [3.63, 3.8) is 0 Å².